The number of ether oxygens (including phenoxy) is 1. The first-order chi connectivity index (χ1) is 9.00. The van der Waals surface area contributed by atoms with Gasteiger partial charge in [0.15, 0.2) is 5.78 Å². The quantitative estimate of drug-likeness (QED) is 0.780. The van der Waals surface area contributed by atoms with E-state index < -0.39 is 0 Å². The Kier molecular flexibility index (Phi) is 4.38. The minimum absolute atomic E-state index is 0.103. The summed E-state index contributed by atoms with van der Waals surface area (Å²) in [5.41, 5.74) is 3.20. The van der Waals surface area contributed by atoms with E-state index in [1.165, 1.54) is 11.1 Å². The summed E-state index contributed by atoms with van der Waals surface area (Å²) < 4.78 is 5.40. The molecule has 1 aromatic carbocycles. The number of carbonyl (C=O) groups excluding carboxylic acids is 1. The topological polar surface area (TPSA) is 29.5 Å². The van der Waals surface area contributed by atoms with Crippen LogP contribution in [0, 0.1) is 13.8 Å². The Balaban J connectivity index is 2.11. The molecule has 104 valence electrons. The zero-order valence-corrected chi connectivity index (χ0v) is 12.3. The predicted octanol–water partition coefficient (Wildman–Crippen LogP) is 2.60. The van der Waals surface area contributed by atoms with Crippen molar-refractivity contribution in [1.82, 2.24) is 4.90 Å². The third-order valence-electron chi connectivity index (χ3n) is 4.26. The van der Waals surface area contributed by atoms with Crippen molar-refractivity contribution in [1.29, 1.82) is 0 Å². The number of ketones is 1. The van der Waals surface area contributed by atoms with Crippen LogP contribution in [0.3, 0.4) is 0 Å². The lowest BCUT2D eigenvalue weighted by atomic mass is 9.99. The first-order valence-corrected chi connectivity index (χ1v) is 6.92. The Morgan fingerprint density at radius 3 is 2.68 bits per heavy atom. The molecule has 1 aliphatic rings. The van der Waals surface area contributed by atoms with Crippen LogP contribution in [0.15, 0.2) is 18.2 Å². The Morgan fingerprint density at radius 1 is 1.37 bits per heavy atom. The first kappa shape index (κ1) is 14.2. The maximum atomic E-state index is 12.5. The molecule has 2 atom stereocenters. The summed E-state index contributed by atoms with van der Waals surface area (Å²) >= 11 is 0. The lowest BCUT2D eigenvalue weighted by Gasteiger charge is -2.28. The number of nitrogens with zero attached hydrogens (tertiary/aromatic N) is 1. The number of Topliss-reactive ketones (excluding diaryl/α,β-unsaturated/α-hetero) is 1. The zero-order chi connectivity index (χ0) is 14.0. The van der Waals surface area contributed by atoms with E-state index in [0.717, 1.165) is 25.2 Å². The monoisotopic (exact) mass is 261 g/mol. The van der Waals surface area contributed by atoms with Crippen LogP contribution in [-0.4, -0.2) is 43.0 Å². The third-order valence-corrected chi connectivity index (χ3v) is 4.26. The van der Waals surface area contributed by atoms with Gasteiger partial charge in [0, 0.05) is 18.2 Å². The van der Waals surface area contributed by atoms with E-state index in [0.29, 0.717) is 6.04 Å². The molecule has 2 rings (SSSR count). The highest BCUT2D eigenvalue weighted by Gasteiger charge is 2.28. The number of rotatable bonds is 4. The van der Waals surface area contributed by atoms with Gasteiger partial charge in [0.2, 0.25) is 0 Å². The molecular weight excluding hydrogens is 238 g/mol. The van der Waals surface area contributed by atoms with Crippen molar-refractivity contribution in [2.24, 2.45) is 0 Å². The third kappa shape index (κ3) is 3.04. The molecule has 1 fully saturated rings. The molecule has 3 nitrogen and oxygen atoms in total. The summed E-state index contributed by atoms with van der Waals surface area (Å²) in [6, 6.07) is 6.21. The van der Waals surface area contributed by atoms with Gasteiger partial charge in [0.05, 0.1) is 12.6 Å². The minimum Gasteiger partial charge on any atom is -0.380 e. The predicted molar refractivity (Wildman–Crippen MR) is 76.7 cm³/mol. The van der Waals surface area contributed by atoms with E-state index in [1.807, 2.05) is 39.1 Å². The van der Waals surface area contributed by atoms with Gasteiger partial charge in [0.25, 0.3) is 0 Å². The molecule has 19 heavy (non-hydrogen) atoms. The molecule has 1 heterocycles. The number of hydrogen-bond acceptors (Lipinski definition) is 3. The highest BCUT2D eigenvalue weighted by atomic mass is 16.5. The Hall–Kier alpha value is -1.19. The molecule has 0 amide bonds. The van der Waals surface area contributed by atoms with Crippen molar-refractivity contribution < 1.29 is 9.53 Å². The van der Waals surface area contributed by atoms with Crippen LogP contribution in [0.1, 0.15) is 34.8 Å². The van der Waals surface area contributed by atoms with Crippen molar-refractivity contribution in [3.63, 3.8) is 0 Å². The van der Waals surface area contributed by atoms with Crippen LogP contribution in [0.2, 0.25) is 0 Å². The van der Waals surface area contributed by atoms with Crippen LogP contribution in [0.4, 0.5) is 0 Å². The molecule has 1 saturated heterocycles. The van der Waals surface area contributed by atoms with Crippen molar-refractivity contribution in [3.05, 3.63) is 34.9 Å². The summed E-state index contributed by atoms with van der Waals surface area (Å²) in [4.78, 5) is 14.7. The molecular formula is C16H23NO2. The molecule has 0 N–H and O–H groups in total. The largest absolute Gasteiger partial charge is 0.380 e. The Morgan fingerprint density at radius 2 is 2.11 bits per heavy atom. The molecule has 0 bridgehead atoms. The fourth-order valence-electron chi connectivity index (χ4n) is 2.48. The lowest BCUT2D eigenvalue weighted by molar-refractivity contribution is 0.0795. The lowest BCUT2D eigenvalue weighted by Crippen LogP contribution is -2.43. The van der Waals surface area contributed by atoms with Gasteiger partial charge in [-0.2, -0.15) is 0 Å². The summed E-state index contributed by atoms with van der Waals surface area (Å²) in [5, 5.41) is 0. The number of benzene rings is 1. The number of hydrogen-bond donors (Lipinski definition) is 0. The van der Waals surface area contributed by atoms with Gasteiger partial charge in [-0.3, -0.25) is 9.69 Å². The Bertz CT molecular complexity index is 464. The van der Waals surface area contributed by atoms with Gasteiger partial charge < -0.3 is 4.74 Å². The summed E-state index contributed by atoms with van der Waals surface area (Å²) in [5.74, 6) is 0.192. The van der Waals surface area contributed by atoms with Crippen molar-refractivity contribution in [2.45, 2.75) is 39.3 Å². The normalized spacial score (nSPS) is 20.8. The van der Waals surface area contributed by atoms with Crippen LogP contribution in [0.5, 0.6) is 0 Å². The molecule has 0 saturated carbocycles. The molecule has 0 radical (unpaired) electrons. The Labute approximate surface area is 115 Å². The highest BCUT2D eigenvalue weighted by molar-refractivity contribution is 6.00. The summed E-state index contributed by atoms with van der Waals surface area (Å²) in [6.07, 6.45) is 1.01. The molecule has 1 aromatic rings. The molecule has 3 heteroatoms. The van der Waals surface area contributed by atoms with Crippen LogP contribution < -0.4 is 0 Å². The van der Waals surface area contributed by atoms with Crippen LogP contribution in [-0.2, 0) is 4.74 Å². The summed E-state index contributed by atoms with van der Waals surface area (Å²) in [6.45, 7) is 7.64. The second-order valence-corrected chi connectivity index (χ2v) is 5.52. The molecule has 2 unspecified atom stereocenters. The molecule has 0 aromatic heterocycles. The van der Waals surface area contributed by atoms with Crippen molar-refractivity contribution in [3.8, 4) is 0 Å². The maximum absolute atomic E-state index is 12.5. The standard InChI is InChI=1S/C16H23NO2/c1-11-5-6-14(9-12(11)2)16(18)13(3)17(4)15-7-8-19-10-15/h5-6,9,13,15H,7-8,10H2,1-4H3. The smallest absolute Gasteiger partial charge is 0.179 e. The summed E-state index contributed by atoms with van der Waals surface area (Å²) in [7, 11) is 2.02. The van der Waals surface area contributed by atoms with Crippen molar-refractivity contribution in [2.75, 3.05) is 20.3 Å². The SMILES string of the molecule is Cc1ccc(C(=O)C(C)N(C)C2CCOC2)cc1C. The zero-order valence-electron chi connectivity index (χ0n) is 12.3. The minimum atomic E-state index is -0.103. The fraction of sp³-hybridized carbons (Fsp3) is 0.562. The van der Waals surface area contributed by atoms with Crippen LogP contribution >= 0.6 is 0 Å². The molecule has 0 aliphatic carbocycles. The molecule has 1 aliphatic heterocycles. The van der Waals surface area contributed by atoms with E-state index in [2.05, 4.69) is 11.8 Å². The van der Waals surface area contributed by atoms with E-state index in [4.69, 9.17) is 4.74 Å². The number of likely N-dealkylation sites (N-methyl/N-ethyl adjacent to an activating group) is 1. The fourth-order valence-corrected chi connectivity index (χ4v) is 2.48. The van der Waals surface area contributed by atoms with Gasteiger partial charge in [0.1, 0.15) is 0 Å². The van der Waals surface area contributed by atoms with E-state index in [9.17, 15) is 4.79 Å². The molecule has 0 spiro atoms. The van der Waals surface area contributed by atoms with Gasteiger partial charge in [-0.1, -0.05) is 12.1 Å². The van der Waals surface area contributed by atoms with Gasteiger partial charge in [-0.05, 0) is 51.4 Å². The van der Waals surface area contributed by atoms with Gasteiger partial charge in [-0.25, -0.2) is 0 Å². The van der Waals surface area contributed by atoms with E-state index in [1.54, 1.807) is 0 Å². The van der Waals surface area contributed by atoms with E-state index >= 15 is 0 Å². The average Bonchev–Trinajstić information content (AvgIpc) is 2.93. The average molecular weight is 261 g/mol. The second kappa shape index (κ2) is 5.85. The van der Waals surface area contributed by atoms with Gasteiger partial charge in [-0.15, -0.1) is 0 Å². The van der Waals surface area contributed by atoms with Gasteiger partial charge >= 0.3 is 0 Å². The number of carbonyl (C=O) groups is 1. The van der Waals surface area contributed by atoms with Crippen molar-refractivity contribution >= 4 is 5.78 Å². The van der Waals surface area contributed by atoms with Crippen LogP contribution in [0.25, 0.3) is 0 Å². The highest BCUT2D eigenvalue weighted by Crippen LogP contribution is 2.18. The maximum Gasteiger partial charge on any atom is 0.179 e. The van der Waals surface area contributed by atoms with E-state index in [-0.39, 0.29) is 11.8 Å². The first-order valence-electron chi connectivity index (χ1n) is 6.92. The number of aryl methyl sites for hydroxylation is 2. The second-order valence-electron chi connectivity index (χ2n) is 5.52.